The Bertz CT molecular complexity index is 429. The lowest BCUT2D eigenvalue weighted by Gasteiger charge is -2.03. The second-order valence-corrected chi connectivity index (χ2v) is 6.15. The predicted octanol–water partition coefficient (Wildman–Crippen LogP) is 4.94. The number of hydrogen-bond donors (Lipinski definition) is 0. The molecule has 0 nitrogen and oxygen atoms in total. The Hall–Kier alpha value is -0.990. The highest BCUT2D eigenvalue weighted by Gasteiger charge is 2.00. The van der Waals surface area contributed by atoms with Crippen LogP contribution in [0.1, 0.15) is 12.5 Å². The van der Waals surface area contributed by atoms with Gasteiger partial charge in [0.25, 0.3) is 0 Å². The molecule has 0 saturated carbocycles. The monoisotopic (exact) mass is 246 g/mol. The van der Waals surface area contributed by atoms with Gasteiger partial charge in [-0.2, -0.15) is 0 Å². The molecule has 0 radical (unpaired) electrons. The minimum atomic E-state index is 0.513. The van der Waals surface area contributed by atoms with Gasteiger partial charge in [0.05, 0.1) is 4.21 Å². The van der Waals surface area contributed by atoms with E-state index in [0.717, 1.165) is 0 Å². The van der Waals surface area contributed by atoms with Gasteiger partial charge in [0.2, 0.25) is 0 Å². The number of hydrogen-bond acceptors (Lipinski definition) is 2. The van der Waals surface area contributed by atoms with E-state index in [9.17, 15) is 0 Å². The van der Waals surface area contributed by atoms with Crippen molar-refractivity contribution in [3.63, 3.8) is 0 Å². The van der Waals surface area contributed by atoms with Crippen LogP contribution >= 0.6 is 23.1 Å². The molecule has 1 aromatic heterocycles. The molecule has 0 amide bonds. The summed E-state index contributed by atoms with van der Waals surface area (Å²) in [5.74, 6) is 0. The van der Waals surface area contributed by atoms with Crippen LogP contribution in [0.4, 0.5) is 0 Å². The van der Waals surface area contributed by atoms with Gasteiger partial charge in [-0.25, -0.2) is 0 Å². The average Bonchev–Trinajstić information content (AvgIpc) is 2.81. The Morgan fingerprint density at radius 2 is 1.94 bits per heavy atom. The Morgan fingerprint density at radius 1 is 1.12 bits per heavy atom. The largest absolute Gasteiger partial charge is 0.137 e. The quantitative estimate of drug-likeness (QED) is 0.688. The van der Waals surface area contributed by atoms with Crippen molar-refractivity contribution in [3.05, 3.63) is 59.5 Å². The summed E-state index contributed by atoms with van der Waals surface area (Å²) >= 11 is 3.70. The molecule has 0 bridgehead atoms. The Balaban J connectivity index is 1.92. The van der Waals surface area contributed by atoms with Crippen molar-refractivity contribution in [2.75, 3.05) is 0 Å². The molecule has 0 saturated heterocycles. The molecule has 82 valence electrons. The summed E-state index contributed by atoms with van der Waals surface area (Å²) in [7, 11) is 0. The van der Waals surface area contributed by atoms with Gasteiger partial charge in [-0.15, -0.1) is 23.1 Å². The lowest BCUT2D eigenvalue weighted by atomic mass is 10.2. The normalized spacial score (nSPS) is 13.1. The molecule has 2 rings (SSSR count). The fourth-order valence-corrected chi connectivity index (χ4v) is 3.34. The van der Waals surface area contributed by atoms with Crippen molar-refractivity contribution in [2.45, 2.75) is 16.4 Å². The molecule has 1 aromatic carbocycles. The maximum atomic E-state index is 2.25. The first-order valence-corrected chi connectivity index (χ1v) is 7.04. The van der Waals surface area contributed by atoms with E-state index in [2.05, 4.69) is 60.9 Å². The smallest absolute Gasteiger partial charge is 0.0604 e. The van der Waals surface area contributed by atoms with Crippen molar-refractivity contribution in [3.8, 4) is 0 Å². The van der Waals surface area contributed by atoms with Crippen LogP contribution in [0, 0.1) is 0 Å². The van der Waals surface area contributed by atoms with E-state index >= 15 is 0 Å². The van der Waals surface area contributed by atoms with E-state index < -0.39 is 0 Å². The maximum absolute atomic E-state index is 2.25. The van der Waals surface area contributed by atoms with E-state index in [0.29, 0.717) is 5.25 Å². The summed E-state index contributed by atoms with van der Waals surface area (Å²) in [4.78, 5) is 0. The topological polar surface area (TPSA) is 0 Å². The van der Waals surface area contributed by atoms with Crippen molar-refractivity contribution >= 4 is 29.2 Å². The summed E-state index contributed by atoms with van der Waals surface area (Å²) in [5.41, 5.74) is 1.26. The van der Waals surface area contributed by atoms with Gasteiger partial charge >= 0.3 is 0 Å². The zero-order valence-corrected chi connectivity index (χ0v) is 10.8. The van der Waals surface area contributed by atoms with Crippen molar-refractivity contribution in [1.29, 1.82) is 0 Å². The lowest BCUT2D eigenvalue weighted by molar-refractivity contribution is 1.25. The zero-order valence-electron chi connectivity index (χ0n) is 9.17. The Kier molecular flexibility index (Phi) is 4.25. The molecule has 1 atom stereocenters. The van der Waals surface area contributed by atoms with Crippen LogP contribution < -0.4 is 0 Å². The van der Waals surface area contributed by atoms with Crippen LogP contribution in [0.25, 0.3) is 6.08 Å². The summed E-state index contributed by atoms with van der Waals surface area (Å²) in [6, 6.07) is 14.7. The lowest BCUT2D eigenvalue weighted by Crippen LogP contribution is -1.87. The molecule has 0 fully saturated rings. The Labute approximate surface area is 105 Å². The first-order valence-electron chi connectivity index (χ1n) is 5.28. The fourth-order valence-electron chi connectivity index (χ4n) is 1.36. The highest BCUT2D eigenvalue weighted by molar-refractivity contribution is 8.01. The second kappa shape index (κ2) is 5.92. The molecule has 0 aliphatic rings. The number of benzene rings is 1. The third-order valence-electron chi connectivity index (χ3n) is 2.16. The minimum absolute atomic E-state index is 0.513. The van der Waals surface area contributed by atoms with Gasteiger partial charge in [-0.05, 0) is 23.9 Å². The number of rotatable bonds is 4. The van der Waals surface area contributed by atoms with E-state index in [4.69, 9.17) is 0 Å². The molecule has 0 aliphatic heterocycles. The van der Waals surface area contributed by atoms with Crippen molar-refractivity contribution < 1.29 is 0 Å². The molecule has 0 N–H and O–H groups in total. The third kappa shape index (κ3) is 3.54. The maximum Gasteiger partial charge on any atom is 0.0604 e. The molecule has 0 aliphatic carbocycles. The van der Waals surface area contributed by atoms with Gasteiger partial charge in [0, 0.05) is 5.25 Å². The molecule has 1 unspecified atom stereocenters. The molecule has 2 heteroatoms. The van der Waals surface area contributed by atoms with E-state index in [1.807, 2.05) is 17.8 Å². The molecular weight excluding hydrogens is 232 g/mol. The summed E-state index contributed by atoms with van der Waals surface area (Å²) in [5, 5.41) is 2.63. The highest BCUT2D eigenvalue weighted by atomic mass is 32.2. The first-order chi connectivity index (χ1) is 7.84. The first kappa shape index (κ1) is 11.5. The van der Waals surface area contributed by atoms with Crippen LogP contribution in [-0.2, 0) is 0 Å². The highest BCUT2D eigenvalue weighted by Crippen LogP contribution is 2.28. The molecule has 1 heterocycles. The van der Waals surface area contributed by atoms with Gasteiger partial charge in [-0.1, -0.05) is 48.6 Å². The molecule has 16 heavy (non-hydrogen) atoms. The van der Waals surface area contributed by atoms with E-state index in [1.165, 1.54) is 9.77 Å². The van der Waals surface area contributed by atoms with Gasteiger partial charge < -0.3 is 0 Å². The Morgan fingerprint density at radius 3 is 2.62 bits per heavy atom. The number of thioether (sulfide) groups is 1. The van der Waals surface area contributed by atoms with Crippen LogP contribution in [0.15, 0.2) is 58.1 Å². The summed E-state index contributed by atoms with van der Waals surface area (Å²) < 4.78 is 1.38. The van der Waals surface area contributed by atoms with E-state index in [-0.39, 0.29) is 0 Å². The average molecular weight is 246 g/mol. The van der Waals surface area contributed by atoms with E-state index in [1.54, 1.807) is 11.3 Å². The van der Waals surface area contributed by atoms with Crippen molar-refractivity contribution in [2.24, 2.45) is 0 Å². The summed E-state index contributed by atoms with van der Waals surface area (Å²) in [6.07, 6.45) is 4.44. The van der Waals surface area contributed by atoms with Gasteiger partial charge in [0.15, 0.2) is 0 Å². The predicted molar refractivity (Wildman–Crippen MR) is 75.1 cm³/mol. The summed E-state index contributed by atoms with van der Waals surface area (Å²) in [6.45, 7) is 2.23. The van der Waals surface area contributed by atoms with Crippen LogP contribution in [-0.4, -0.2) is 5.25 Å². The van der Waals surface area contributed by atoms with Crippen LogP contribution in [0.5, 0.6) is 0 Å². The van der Waals surface area contributed by atoms with Crippen LogP contribution in [0.3, 0.4) is 0 Å². The molecule has 0 spiro atoms. The van der Waals surface area contributed by atoms with Gasteiger partial charge in [-0.3, -0.25) is 0 Å². The van der Waals surface area contributed by atoms with Crippen molar-refractivity contribution in [1.82, 2.24) is 0 Å². The second-order valence-electron chi connectivity index (χ2n) is 3.52. The minimum Gasteiger partial charge on any atom is -0.137 e. The fraction of sp³-hybridized carbons (Fsp3) is 0.143. The third-order valence-corrected chi connectivity index (χ3v) is 4.29. The SMILES string of the molecule is CC(/C=C/c1ccccc1)Sc1cccs1. The zero-order chi connectivity index (χ0) is 11.2. The molecule has 2 aromatic rings. The number of thiophene rings is 1. The molecular formula is C14H14S2. The van der Waals surface area contributed by atoms with Gasteiger partial charge in [0.1, 0.15) is 0 Å². The van der Waals surface area contributed by atoms with Crippen LogP contribution in [0.2, 0.25) is 0 Å². The standard InChI is InChI=1S/C14H14S2/c1-12(16-14-8-5-11-15-14)9-10-13-6-3-2-4-7-13/h2-12H,1H3/b10-9+.